The van der Waals surface area contributed by atoms with Crippen LogP contribution in [0.4, 0.5) is 0 Å². The van der Waals surface area contributed by atoms with Crippen molar-refractivity contribution in [2.45, 2.75) is 24.7 Å². The van der Waals surface area contributed by atoms with Gasteiger partial charge in [0.15, 0.2) is 0 Å². The molecule has 0 aromatic heterocycles. The second-order valence-electron chi connectivity index (χ2n) is 2.81. The van der Waals surface area contributed by atoms with Crippen LogP contribution in [0.1, 0.15) is 6.42 Å². The molecule has 0 spiro atoms. The summed E-state index contributed by atoms with van der Waals surface area (Å²) in [5, 5.41) is 17.8. The van der Waals surface area contributed by atoms with Gasteiger partial charge < -0.3 is 14.9 Å². The summed E-state index contributed by atoms with van der Waals surface area (Å²) in [5.74, 6) is 0.199. The van der Waals surface area contributed by atoms with Gasteiger partial charge in [-0.1, -0.05) is 0 Å². The van der Waals surface area contributed by atoms with E-state index in [9.17, 15) is 0 Å². The normalized spacial score (nSPS) is 55.3. The van der Waals surface area contributed by atoms with Gasteiger partial charge in [-0.3, -0.25) is 0 Å². The highest BCUT2D eigenvalue weighted by Crippen LogP contribution is 2.42. The maximum Gasteiger partial charge on any atom is 0.110 e. The maximum atomic E-state index is 9.10. The van der Waals surface area contributed by atoms with Crippen molar-refractivity contribution in [1.82, 2.24) is 0 Å². The van der Waals surface area contributed by atoms with Gasteiger partial charge >= 0.3 is 0 Å². The molecule has 3 heteroatoms. The van der Waals surface area contributed by atoms with Crippen LogP contribution < -0.4 is 0 Å². The lowest BCUT2D eigenvalue weighted by atomic mass is 10.1. The summed E-state index contributed by atoms with van der Waals surface area (Å²) >= 11 is 0. The zero-order chi connectivity index (χ0) is 6.43. The average Bonchev–Trinajstić information content (AvgIpc) is 2.56. The Hall–Kier alpha value is -0.120. The van der Waals surface area contributed by atoms with Crippen LogP contribution >= 0.6 is 0 Å². The molecule has 1 saturated carbocycles. The van der Waals surface area contributed by atoms with Gasteiger partial charge in [0, 0.05) is 12.5 Å². The summed E-state index contributed by atoms with van der Waals surface area (Å²) < 4.78 is 5.06. The molecule has 52 valence electrons. The molecule has 3 nitrogen and oxygen atoms in total. The first-order valence-corrected chi connectivity index (χ1v) is 3.27. The Morgan fingerprint density at radius 1 is 1.44 bits per heavy atom. The summed E-state index contributed by atoms with van der Waals surface area (Å²) in [7, 11) is 0. The Morgan fingerprint density at radius 2 is 2.22 bits per heavy atom. The van der Waals surface area contributed by atoms with Crippen molar-refractivity contribution >= 4 is 0 Å². The number of ether oxygens (including phenoxy) is 1. The van der Waals surface area contributed by atoms with Crippen LogP contribution in [0.5, 0.6) is 0 Å². The van der Waals surface area contributed by atoms with Crippen molar-refractivity contribution in [2.24, 2.45) is 5.92 Å². The summed E-state index contributed by atoms with van der Waals surface area (Å²) in [6.07, 6.45) is 0.630. The van der Waals surface area contributed by atoms with E-state index in [2.05, 4.69) is 0 Å². The van der Waals surface area contributed by atoms with E-state index in [1.165, 1.54) is 0 Å². The van der Waals surface area contributed by atoms with Crippen molar-refractivity contribution in [3.8, 4) is 0 Å². The lowest BCUT2D eigenvalue weighted by Gasteiger charge is -2.07. The molecule has 1 aliphatic heterocycles. The Kier molecular flexibility index (Phi) is 1.06. The lowest BCUT2D eigenvalue weighted by Crippen LogP contribution is -2.13. The molecule has 0 aromatic carbocycles. The molecule has 1 aliphatic carbocycles. The molecular weight excluding hydrogens is 120 g/mol. The van der Waals surface area contributed by atoms with Crippen molar-refractivity contribution in [3.63, 3.8) is 0 Å². The molecule has 2 rings (SSSR count). The molecular formula is C6H10O3. The third-order valence-corrected chi connectivity index (χ3v) is 2.18. The second-order valence-corrected chi connectivity index (χ2v) is 2.81. The van der Waals surface area contributed by atoms with Crippen LogP contribution in [0.25, 0.3) is 0 Å². The average molecular weight is 130 g/mol. The van der Waals surface area contributed by atoms with Gasteiger partial charge in [0.1, 0.15) is 6.10 Å². The maximum absolute atomic E-state index is 9.10. The fourth-order valence-corrected chi connectivity index (χ4v) is 1.58. The monoisotopic (exact) mass is 130 g/mol. The van der Waals surface area contributed by atoms with Gasteiger partial charge in [-0.2, -0.15) is 0 Å². The van der Waals surface area contributed by atoms with Crippen LogP contribution in [0.2, 0.25) is 0 Å². The molecule has 4 atom stereocenters. The van der Waals surface area contributed by atoms with Crippen LogP contribution in [-0.2, 0) is 4.74 Å². The van der Waals surface area contributed by atoms with Gasteiger partial charge in [-0.15, -0.1) is 0 Å². The minimum absolute atomic E-state index is 0.0575. The third-order valence-electron chi connectivity index (χ3n) is 2.18. The summed E-state index contributed by atoms with van der Waals surface area (Å²) in [6, 6.07) is 0. The lowest BCUT2D eigenvalue weighted by molar-refractivity contribution is 0.0807. The number of fused-ring (bicyclic) bond motifs is 1. The topological polar surface area (TPSA) is 53.0 Å². The van der Waals surface area contributed by atoms with E-state index < -0.39 is 0 Å². The smallest absolute Gasteiger partial charge is 0.110 e. The summed E-state index contributed by atoms with van der Waals surface area (Å²) in [5.41, 5.74) is 0. The van der Waals surface area contributed by atoms with E-state index in [0.29, 0.717) is 6.42 Å². The Balaban J connectivity index is 2.00. The minimum Gasteiger partial charge on any atom is -0.396 e. The zero-order valence-corrected chi connectivity index (χ0v) is 5.03. The zero-order valence-electron chi connectivity index (χ0n) is 5.03. The molecule has 2 aliphatic rings. The van der Waals surface area contributed by atoms with E-state index in [-0.39, 0.29) is 30.8 Å². The molecule has 0 aromatic rings. The quantitative estimate of drug-likeness (QED) is 0.453. The highest BCUT2D eigenvalue weighted by atomic mass is 16.6. The Bertz CT molecular complexity index is 125. The molecule has 4 unspecified atom stereocenters. The van der Waals surface area contributed by atoms with E-state index in [1.54, 1.807) is 0 Å². The predicted octanol–water partition coefficient (Wildman–Crippen LogP) is -0.873. The molecule has 2 fully saturated rings. The van der Waals surface area contributed by atoms with Crippen LogP contribution in [0.3, 0.4) is 0 Å². The van der Waals surface area contributed by atoms with Gasteiger partial charge in [0.2, 0.25) is 0 Å². The molecule has 0 radical (unpaired) electrons. The van der Waals surface area contributed by atoms with Crippen molar-refractivity contribution in [3.05, 3.63) is 0 Å². The first-order chi connectivity index (χ1) is 4.33. The van der Waals surface area contributed by atoms with Crippen LogP contribution in [0.15, 0.2) is 0 Å². The summed E-state index contributed by atoms with van der Waals surface area (Å²) in [6.45, 7) is 0.151. The third kappa shape index (κ3) is 0.689. The standard InChI is InChI=1S/C6H10O3/c7-2-3-1-4(8)6-5(3)9-6/h3-8H,1-2H2. The molecule has 1 heterocycles. The highest BCUT2D eigenvalue weighted by molar-refractivity contribution is 5.02. The van der Waals surface area contributed by atoms with E-state index in [4.69, 9.17) is 14.9 Å². The number of aliphatic hydroxyl groups excluding tert-OH is 2. The number of hydrogen-bond acceptors (Lipinski definition) is 3. The Morgan fingerprint density at radius 3 is 2.44 bits per heavy atom. The molecule has 0 amide bonds. The largest absolute Gasteiger partial charge is 0.396 e. The number of hydrogen-bond donors (Lipinski definition) is 2. The number of aliphatic hydroxyl groups is 2. The highest BCUT2D eigenvalue weighted by Gasteiger charge is 2.55. The molecule has 0 bridgehead atoms. The van der Waals surface area contributed by atoms with Crippen molar-refractivity contribution < 1.29 is 14.9 Å². The van der Waals surface area contributed by atoms with Gasteiger partial charge in [0.25, 0.3) is 0 Å². The van der Waals surface area contributed by atoms with Crippen LogP contribution in [-0.4, -0.2) is 35.1 Å². The molecule has 2 N–H and O–H groups in total. The molecule has 1 saturated heterocycles. The predicted molar refractivity (Wildman–Crippen MR) is 29.9 cm³/mol. The fourth-order valence-electron chi connectivity index (χ4n) is 1.58. The first-order valence-electron chi connectivity index (χ1n) is 3.27. The van der Waals surface area contributed by atoms with Crippen molar-refractivity contribution in [2.75, 3.05) is 6.61 Å². The van der Waals surface area contributed by atoms with Crippen LogP contribution in [0, 0.1) is 5.92 Å². The second kappa shape index (κ2) is 1.68. The molecule has 9 heavy (non-hydrogen) atoms. The number of epoxide rings is 1. The SMILES string of the molecule is OCC1CC(O)C2OC12. The van der Waals surface area contributed by atoms with E-state index in [1.807, 2.05) is 0 Å². The minimum atomic E-state index is -0.313. The van der Waals surface area contributed by atoms with Gasteiger partial charge in [-0.05, 0) is 6.42 Å². The summed E-state index contributed by atoms with van der Waals surface area (Å²) in [4.78, 5) is 0. The number of rotatable bonds is 1. The van der Waals surface area contributed by atoms with Gasteiger partial charge in [-0.25, -0.2) is 0 Å². The van der Waals surface area contributed by atoms with Gasteiger partial charge in [0.05, 0.1) is 12.2 Å². The Labute approximate surface area is 53.3 Å². The fraction of sp³-hybridized carbons (Fsp3) is 1.00. The van der Waals surface area contributed by atoms with E-state index >= 15 is 0 Å². The van der Waals surface area contributed by atoms with Crippen molar-refractivity contribution in [1.29, 1.82) is 0 Å². The first kappa shape index (κ1) is 5.65. The van der Waals surface area contributed by atoms with E-state index in [0.717, 1.165) is 0 Å².